The minimum atomic E-state index is 0.848. The standard InChI is InChI=1S/C14H16BrN3S/c15-12-5-1-2-6-13(12)19-10-4-3-7-17-14-11-16-8-9-18-14/h1-2,5-6,8-9,11H,3-4,7,10H2,(H,17,18). The number of nitrogens with zero attached hydrogens (tertiary/aromatic N) is 2. The summed E-state index contributed by atoms with van der Waals surface area (Å²) < 4.78 is 1.18. The lowest BCUT2D eigenvalue weighted by molar-refractivity contribution is 0.838. The van der Waals surface area contributed by atoms with Gasteiger partial charge in [-0.2, -0.15) is 0 Å². The van der Waals surface area contributed by atoms with Crippen molar-refractivity contribution in [3.05, 3.63) is 47.3 Å². The van der Waals surface area contributed by atoms with E-state index in [1.165, 1.54) is 15.8 Å². The quantitative estimate of drug-likeness (QED) is 0.606. The van der Waals surface area contributed by atoms with Gasteiger partial charge in [0.05, 0.1) is 6.20 Å². The Labute approximate surface area is 126 Å². The highest BCUT2D eigenvalue weighted by molar-refractivity contribution is 9.10. The van der Waals surface area contributed by atoms with Crippen LogP contribution in [0.2, 0.25) is 0 Å². The molecule has 0 radical (unpaired) electrons. The molecule has 1 N–H and O–H groups in total. The molecular weight excluding hydrogens is 322 g/mol. The highest BCUT2D eigenvalue weighted by Gasteiger charge is 1.98. The number of benzene rings is 1. The first-order chi connectivity index (χ1) is 9.36. The lowest BCUT2D eigenvalue weighted by Crippen LogP contribution is -2.03. The van der Waals surface area contributed by atoms with Gasteiger partial charge in [0.1, 0.15) is 5.82 Å². The maximum atomic E-state index is 4.17. The molecule has 0 spiro atoms. The first-order valence-electron chi connectivity index (χ1n) is 6.23. The third-order valence-electron chi connectivity index (χ3n) is 2.53. The van der Waals surface area contributed by atoms with E-state index >= 15 is 0 Å². The molecule has 0 aliphatic rings. The van der Waals surface area contributed by atoms with Crippen molar-refractivity contribution in [2.24, 2.45) is 0 Å². The second-order valence-electron chi connectivity index (χ2n) is 4.00. The van der Waals surface area contributed by atoms with Crippen LogP contribution in [0.15, 0.2) is 52.2 Å². The Kier molecular flexibility index (Phi) is 6.17. The van der Waals surface area contributed by atoms with Crippen molar-refractivity contribution in [2.75, 3.05) is 17.6 Å². The van der Waals surface area contributed by atoms with Gasteiger partial charge in [0, 0.05) is 28.3 Å². The van der Waals surface area contributed by atoms with Crippen LogP contribution in [0.5, 0.6) is 0 Å². The van der Waals surface area contributed by atoms with E-state index in [2.05, 4.69) is 49.4 Å². The van der Waals surface area contributed by atoms with Gasteiger partial charge in [0.25, 0.3) is 0 Å². The Hall–Kier alpha value is -1.07. The van der Waals surface area contributed by atoms with Crippen LogP contribution >= 0.6 is 27.7 Å². The Morgan fingerprint density at radius 3 is 2.84 bits per heavy atom. The molecule has 19 heavy (non-hydrogen) atoms. The van der Waals surface area contributed by atoms with Crippen molar-refractivity contribution < 1.29 is 0 Å². The molecule has 1 aromatic heterocycles. The fourth-order valence-electron chi connectivity index (χ4n) is 1.58. The van der Waals surface area contributed by atoms with Crippen molar-refractivity contribution in [1.29, 1.82) is 0 Å². The summed E-state index contributed by atoms with van der Waals surface area (Å²) in [5.41, 5.74) is 0. The summed E-state index contributed by atoms with van der Waals surface area (Å²) in [7, 11) is 0. The zero-order chi connectivity index (χ0) is 13.3. The third kappa shape index (κ3) is 5.20. The Morgan fingerprint density at radius 1 is 1.16 bits per heavy atom. The molecule has 100 valence electrons. The van der Waals surface area contributed by atoms with Crippen LogP contribution in [0, 0.1) is 0 Å². The molecule has 0 saturated carbocycles. The largest absolute Gasteiger partial charge is 0.369 e. The summed E-state index contributed by atoms with van der Waals surface area (Å²) >= 11 is 5.45. The van der Waals surface area contributed by atoms with Gasteiger partial charge in [0.2, 0.25) is 0 Å². The molecule has 0 unspecified atom stereocenters. The van der Waals surface area contributed by atoms with E-state index in [-0.39, 0.29) is 0 Å². The predicted molar refractivity (Wildman–Crippen MR) is 84.6 cm³/mol. The van der Waals surface area contributed by atoms with Gasteiger partial charge in [-0.1, -0.05) is 12.1 Å². The second kappa shape index (κ2) is 8.17. The maximum absolute atomic E-state index is 4.17. The lowest BCUT2D eigenvalue weighted by Gasteiger charge is -2.05. The summed E-state index contributed by atoms with van der Waals surface area (Å²) in [6, 6.07) is 8.34. The van der Waals surface area contributed by atoms with Crippen LogP contribution in [0.4, 0.5) is 5.82 Å². The van der Waals surface area contributed by atoms with Gasteiger partial charge in [-0.25, -0.2) is 4.98 Å². The van der Waals surface area contributed by atoms with E-state index in [1.54, 1.807) is 18.6 Å². The summed E-state index contributed by atoms with van der Waals surface area (Å²) in [4.78, 5) is 9.50. The molecule has 0 fully saturated rings. The Bertz CT molecular complexity index is 493. The summed E-state index contributed by atoms with van der Waals surface area (Å²) in [6.07, 6.45) is 7.44. The smallest absolute Gasteiger partial charge is 0.144 e. The summed E-state index contributed by atoms with van der Waals surface area (Å²) in [6.45, 7) is 0.940. The van der Waals surface area contributed by atoms with Crippen LogP contribution in [0.3, 0.4) is 0 Å². The number of halogens is 1. The fraction of sp³-hybridized carbons (Fsp3) is 0.286. The number of hydrogen-bond acceptors (Lipinski definition) is 4. The number of aromatic nitrogens is 2. The predicted octanol–water partition coefficient (Wildman–Crippen LogP) is 4.22. The van der Waals surface area contributed by atoms with E-state index in [1.807, 2.05) is 17.8 Å². The molecule has 0 aliphatic carbocycles. The molecule has 3 nitrogen and oxygen atoms in total. The summed E-state index contributed by atoms with van der Waals surface area (Å²) in [5.74, 6) is 1.98. The average molecular weight is 338 g/mol. The van der Waals surface area contributed by atoms with Crippen molar-refractivity contribution in [1.82, 2.24) is 9.97 Å². The number of hydrogen-bond donors (Lipinski definition) is 1. The lowest BCUT2D eigenvalue weighted by atomic mass is 10.3. The maximum Gasteiger partial charge on any atom is 0.144 e. The molecule has 2 rings (SSSR count). The van der Waals surface area contributed by atoms with E-state index in [0.717, 1.165) is 24.5 Å². The SMILES string of the molecule is Brc1ccccc1SCCCCNc1cnccn1. The van der Waals surface area contributed by atoms with Crippen molar-refractivity contribution in [2.45, 2.75) is 17.7 Å². The zero-order valence-electron chi connectivity index (χ0n) is 10.6. The van der Waals surface area contributed by atoms with Crippen LogP contribution in [-0.4, -0.2) is 22.3 Å². The highest BCUT2D eigenvalue weighted by atomic mass is 79.9. The first kappa shape index (κ1) is 14.3. The monoisotopic (exact) mass is 337 g/mol. The minimum Gasteiger partial charge on any atom is -0.369 e. The number of rotatable bonds is 7. The second-order valence-corrected chi connectivity index (χ2v) is 5.99. The van der Waals surface area contributed by atoms with Gasteiger partial charge in [-0.15, -0.1) is 11.8 Å². The van der Waals surface area contributed by atoms with Crippen molar-refractivity contribution in [3.8, 4) is 0 Å². The molecular formula is C14H16BrN3S. The van der Waals surface area contributed by atoms with Crippen molar-refractivity contribution >= 4 is 33.5 Å². The van der Waals surface area contributed by atoms with Crippen LogP contribution in [-0.2, 0) is 0 Å². The van der Waals surface area contributed by atoms with Gasteiger partial charge in [0.15, 0.2) is 0 Å². The topological polar surface area (TPSA) is 37.8 Å². The third-order valence-corrected chi connectivity index (χ3v) is 4.65. The number of unbranched alkanes of at least 4 members (excludes halogenated alkanes) is 1. The zero-order valence-corrected chi connectivity index (χ0v) is 13.0. The molecule has 0 aliphatic heterocycles. The van der Waals surface area contributed by atoms with E-state index in [0.29, 0.717) is 0 Å². The van der Waals surface area contributed by atoms with Crippen LogP contribution in [0.1, 0.15) is 12.8 Å². The minimum absolute atomic E-state index is 0.848. The molecule has 2 aromatic rings. The Morgan fingerprint density at radius 2 is 2.05 bits per heavy atom. The molecule has 0 bridgehead atoms. The molecule has 1 heterocycles. The average Bonchev–Trinajstić information content (AvgIpc) is 2.45. The van der Waals surface area contributed by atoms with E-state index in [4.69, 9.17) is 0 Å². The van der Waals surface area contributed by atoms with Crippen LogP contribution in [0.25, 0.3) is 0 Å². The van der Waals surface area contributed by atoms with Gasteiger partial charge >= 0.3 is 0 Å². The van der Waals surface area contributed by atoms with E-state index < -0.39 is 0 Å². The molecule has 1 aromatic carbocycles. The highest BCUT2D eigenvalue weighted by Crippen LogP contribution is 2.27. The number of anilines is 1. The molecule has 0 atom stereocenters. The van der Waals surface area contributed by atoms with Gasteiger partial charge in [-0.05, 0) is 46.7 Å². The van der Waals surface area contributed by atoms with Gasteiger partial charge in [-0.3, -0.25) is 4.98 Å². The normalized spacial score (nSPS) is 10.4. The Balaban J connectivity index is 1.59. The first-order valence-corrected chi connectivity index (χ1v) is 8.01. The molecule has 0 amide bonds. The fourth-order valence-corrected chi connectivity index (χ4v) is 3.16. The number of nitrogens with one attached hydrogen (secondary N) is 1. The molecule has 5 heteroatoms. The van der Waals surface area contributed by atoms with Gasteiger partial charge < -0.3 is 5.32 Å². The van der Waals surface area contributed by atoms with Crippen molar-refractivity contribution in [3.63, 3.8) is 0 Å². The molecule has 0 saturated heterocycles. The van der Waals surface area contributed by atoms with E-state index in [9.17, 15) is 0 Å². The number of thioether (sulfide) groups is 1. The van der Waals surface area contributed by atoms with Crippen LogP contribution < -0.4 is 5.32 Å². The summed E-state index contributed by atoms with van der Waals surface area (Å²) in [5, 5.41) is 3.26.